The largest absolute Gasteiger partial charge is 0.458 e. The number of aliphatic hydroxyl groups excluding tert-OH is 2. The number of amides is 2. The van der Waals surface area contributed by atoms with E-state index in [1.807, 2.05) is 0 Å². The SMILES string of the molecule is C[C@H](O)[C@@H](NC(=O)[C@@]12C[C@H]3OC(=O)[C@@H]1N(Cc1ccc(C=CC(=O)OCC(F)(F)F)cc1)O[C@@H]2[C@H]1OCO[C@H]13)C(=O)NCCO. The average Bonchev–Trinajstić information content (AvgIpc) is 3.61. The first-order chi connectivity index (χ1) is 21.3. The number of hydroxylamine groups is 2. The Kier molecular flexibility index (Phi) is 9.48. The Morgan fingerprint density at radius 1 is 1.20 bits per heavy atom. The standard InChI is InChI=1S/C28H32F3N3O11/c1-14(36)19(24(38)32-8-9-35)33-26(40)27-10-17-20-21(43-13-42-20)23(27)45-34(22(27)25(39)44-17)11-16-4-2-15(3-5-16)6-7-18(37)41-12-28(29,30)31/h2-7,14,17,19-23,35-36H,8-13H2,1H3,(H,32,38)(H,33,40)/t14-,17+,19+,20-,21-,22-,23+,27-/m0/s1. The highest BCUT2D eigenvalue weighted by Crippen LogP contribution is 2.55. The van der Waals surface area contributed by atoms with Crippen LogP contribution in [0, 0.1) is 5.41 Å². The zero-order chi connectivity index (χ0) is 32.5. The topological polar surface area (TPSA) is 182 Å². The quantitative estimate of drug-likeness (QED) is 0.177. The predicted molar refractivity (Wildman–Crippen MR) is 142 cm³/mol. The van der Waals surface area contributed by atoms with Crippen molar-refractivity contribution in [3.05, 3.63) is 41.5 Å². The maximum absolute atomic E-state index is 14.1. The normalized spacial score (nSPS) is 30.4. The van der Waals surface area contributed by atoms with E-state index in [1.54, 1.807) is 24.3 Å². The first-order valence-corrected chi connectivity index (χ1v) is 14.1. The highest BCUT2D eigenvalue weighted by Gasteiger charge is 2.74. The molecule has 0 unspecified atom stereocenters. The van der Waals surface area contributed by atoms with E-state index in [2.05, 4.69) is 15.4 Å². The van der Waals surface area contributed by atoms with E-state index in [4.69, 9.17) is 24.2 Å². The van der Waals surface area contributed by atoms with Crippen LogP contribution in [-0.4, -0.2) is 114 Å². The molecule has 1 aromatic rings. The van der Waals surface area contributed by atoms with Gasteiger partial charge in [-0.25, -0.2) is 4.79 Å². The smallest absolute Gasteiger partial charge is 0.422 e. The van der Waals surface area contributed by atoms with Crippen molar-refractivity contribution in [2.75, 3.05) is 26.6 Å². The van der Waals surface area contributed by atoms with Crippen LogP contribution in [0.15, 0.2) is 30.3 Å². The van der Waals surface area contributed by atoms with Crippen LogP contribution in [0.5, 0.6) is 0 Å². The summed E-state index contributed by atoms with van der Waals surface area (Å²) in [6.07, 6.45) is -7.22. The predicted octanol–water partition coefficient (Wildman–Crippen LogP) is -0.679. The van der Waals surface area contributed by atoms with Gasteiger partial charge in [-0.15, -0.1) is 0 Å². The lowest BCUT2D eigenvalue weighted by Crippen LogP contribution is -2.71. The molecule has 2 bridgehead atoms. The molecule has 2 amide bonds. The van der Waals surface area contributed by atoms with Gasteiger partial charge < -0.3 is 39.8 Å². The second-order valence-corrected chi connectivity index (χ2v) is 11.1. The first-order valence-electron chi connectivity index (χ1n) is 14.1. The molecule has 14 nitrogen and oxygen atoms in total. The van der Waals surface area contributed by atoms with Gasteiger partial charge in [-0.05, 0) is 24.1 Å². The van der Waals surface area contributed by atoms with Crippen LogP contribution in [-0.2, 0) is 49.5 Å². The third kappa shape index (κ3) is 6.68. The van der Waals surface area contributed by atoms with Crippen molar-refractivity contribution < 1.29 is 66.3 Å². The van der Waals surface area contributed by atoms with Crippen molar-refractivity contribution in [1.29, 1.82) is 0 Å². The molecule has 45 heavy (non-hydrogen) atoms. The lowest BCUT2D eigenvalue weighted by molar-refractivity contribution is -0.201. The minimum absolute atomic E-state index is 0.0140. The molecule has 3 heterocycles. The Bertz CT molecular complexity index is 1320. The Hall–Kier alpha value is -3.61. The molecule has 0 radical (unpaired) electrons. The summed E-state index contributed by atoms with van der Waals surface area (Å²) in [5.41, 5.74) is -0.530. The van der Waals surface area contributed by atoms with Crippen LogP contribution in [0.1, 0.15) is 24.5 Å². The summed E-state index contributed by atoms with van der Waals surface area (Å²) in [6.45, 7) is -1.00. The maximum atomic E-state index is 14.1. The fourth-order valence-corrected chi connectivity index (χ4v) is 6.08. The molecule has 8 atom stereocenters. The Morgan fingerprint density at radius 3 is 2.58 bits per heavy atom. The van der Waals surface area contributed by atoms with Gasteiger partial charge in [-0.1, -0.05) is 24.3 Å². The molecule has 3 saturated heterocycles. The number of nitrogens with zero attached hydrogens (tertiary/aromatic N) is 1. The summed E-state index contributed by atoms with van der Waals surface area (Å²) >= 11 is 0. The van der Waals surface area contributed by atoms with Gasteiger partial charge in [0.15, 0.2) is 12.6 Å². The molecule has 1 aliphatic carbocycles. The van der Waals surface area contributed by atoms with Gasteiger partial charge in [0.25, 0.3) is 0 Å². The molecule has 4 aliphatic rings. The third-order valence-electron chi connectivity index (χ3n) is 8.07. The van der Waals surface area contributed by atoms with Gasteiger partial charge in [0.1, 0.15) is 42.7 Å². The van der Waals surface area contributed by atoms with E-state index in [9.17, 15) is 37.5 Å². The van der Waals surface area contributed by atoms with Crippen LogP contribution in [0.3, 0.4) is 0 Å². The van der Waals surface area contributed by atoms with Crippen molar-refractivity contribution >= 4 is 29.8 Å². The van der Waals surface area contributed by atoms with Crippen LogP contribution in [0.25, 0.3) is 6.08 Å². The molecule has 0 spiro atoms. The summed E-state index contributed by atoms with van der Waals surface area (Å²) in [5.74, 6) is -3.39. The number of nitrogens with one attached hydrogen (secondary N) is 2. The van der Waals surface area contributed by atoms with E-state index in [0.717, 1.165) is 6.08 Å². The van der Waals surface area contributed by atoms with Crippen LogP contribution >= 0.6 is 0 Å². The van der Waals surface area contributed by atoms with Crippen molar-refractivity contribution in [2.24, 2.45) is 5.41 Å². The second-order valence-electron chi connectivity index (χ2n) is 11.1. The number of halogens is 3. The number of esters is 2. The summed E-state index contributed by atoms with van der Waals surface area (Å²) in [7, 11) is 0. The van der Waals surface area contributed by atoms with Gasteiger partial charge >= 0.3 is 18.1 Å². The molecule has 246 valence electrons. The monoisotopic (exact) mass is 643 g/mol. The number of carbonyl (C=O) groups is 4. The highest BCUT2D eigenvalue weighted by molar-refractivity contribution is 5.96. The Balaban J connectivity index is 1.36. The number of hydrogen-bond donors (Lipinski definition) is 4. The molecular weight excluding hydrogens is 611 g/mol. The molecule has 1 saturated carbocycles. The van der Waals surface area contributed by atoms with E-state index in [1.165, 1.54) is 18.1 Å². The van der Waals surface area contributed by atoms with E-state index >= 15 is 0 Å². The van der Waals surface area contributed by atoms with Crippen LogP contribution < -0.4 is 10.6 Å². The lowest BCUT2D eigenvalue weighted by atomic mass is 9.62. The van der Waals surface area contributed by atoms with Gasteiger partial charge in [0.05, 0.1) is 19.3 Å². The summed E-state index contributed by atoms with van der Waals surface area (Å²) in [4.78, 5) is 58.1. The number of aliphatic hydroxyl groups is 2. The molecule has 4 fully saturated rings. The second kappa shape index (κ2) is 13.0. The van der Waals surface area contributed by atoms with Crippen molar-refractivity contribution in [3.8, 4) is 0 Å². The third-order valence-corrected chi connectivity index (χ3v) is 8.07. The van der Waals surface area contributed by atoms with E-state index in [0.29, 0.717) is 11.1 Å². The minimum atomic E-state index is -4.64. The van der Waals surface area contributed by atoms with Crippen LogP contribution in [0.2, 0.25) is 0 Å². The number of benzene rings is 1. The summed E-state index contributed by atoms with van der Waals surface area (Å²) in [5, 5.41) is 25.7. The van der Waals surface area contributed by atoms with E-state index in [-0.39, 0.29) is 32.9 Å². The number of hydrogen-bond acceptors (Lipinski definition) is 12. The van der Waals surface area contributed by atoms with E-state index < -0.39 is 84.6 Å². The molecule has 3 aliphatic heterocycles. The molecular formula is C28H32F3N3O11. The molecule has 1 aromatic carbocycles. The molecule has 17 heteroatoms. The molecule has 5 rings (SSSR count). The first kappa shape index (κ1) is 32.8. The van der Waals surface area contributed by atoms with Gasteiger partial charge in [0, 0.05) is 19.0 Å². The van der Waals surface area contributed by atoms with Crippen molar-refractivity contribution in [2.45, 2.75) is 68.7 Å². The summed E-state index contributed by atoms with van der Waals surface area (Å²) in [6, 6.07) is 3.72. The number of carbonyl (C=O) groups excluding carboxylic acids is 4. The number of rotatable bonds is 11. The lowest BCUT2D eigenvalue weighted by Gasteiger charge is -2.49. The van der Waals surface area contributed by atoms with Gasteiger partial charge in [-0.3, -0.25) is 19.2 Å². The zero-order valence-electron chi connectivity index (χ0n) is 23.9. The zero-order valence-corrected chi connectivity index (χ0v) is 23.9. The number of fused-ring (bicyclic) bond motifs is 4. The number of alkyl halides is 3. The van der Waals surface area contributed by atoms with Gasteiger partial charge in [-0.2, -0.15) is 18.2 Å². The fourth-order valence-electron chi connectivity index (χ4n) is 6.08. The Morgan fingerprint density at radius 2 is 1.91 bits per heavy atom. The summed E-state index contributed by atoms with van der Waals surface area (Å²) < 4.78 is 58.0. The maximum Gasteiger partial charge on any atom is 0.422 e. The van der Waals surface area contributed by atoms with Crippen LogP contribution in [0.4, 0.5) is 13.2 Å². The Labute approximate surface area is 254 Å². The number of ether oxygens (including phenoxy) is 4. The molecule has 4 N–H and O–H groups in total. The van der Waals surface area contributed by atoms with Gasteiger partial charge in [0.2, 0.25) is 11.8 Å². The van der Waals surface area contributed by atoms with Crippen molar-refractivity contribution in [1.82, 2.24) is 15.7 Å². The average molecular weight is 644 g/mol. The highest BCUT2D eigenvalue weighted by atomic mass is 19.4. The molecule has 0 aromatic heterocycles. The van der Waals surface area contributed by atoms with Crippen molar-refractivity contribution in [3.63, 3.8) is 0 Å². The minimum Gasteiger partial charge on any atom is -0.458 e. The fraction of sp³-hybridized carbons (Fsp3) is 0.571.